The maximum Gasteiger partial charge on any atom is 0.131 e. The van der Waals surface area contributed by atoms with Crippen molar-refractivity contribution in [3.8, 4) is 11.8 Å². The van der Waals surface area contributed by atoms with E-state index in [1.165, 1.54) is 6.07 Å². The first-order valence-corrected chi connectivity index (χ1v) is 7.19. The fourth-order valence-corrected chi connectivity index (χ4v) is 1.94. The number of allylic oxidation sites excluding steroid dienone is 1. The Morgan fingerprint density at radius 2 is 1.86 bits per heavy atom. The first-order valence-electron chi connectivity index (χ1n) is 7.19. The molecule has 0 atom stereocenters. The molecule has 22 heavy (non-hydrogen) atoms. The summed E-state index contributed by atoms with van der Waals surface area (Å²) in [4.78, 5) is 0. The van der Waals surface area contributed by atoms with Gasteiger partial charge in [-0.2, -0.15) is 5.26 Å². The van der Waals surface area contributed by atoms with Crippen LogP contribution in [-0.4, -0.2) is 6.61 Å². The van der Waals surface area contributed by atoms with E-state index in [4.69, 9.17) is 4.74 Å². The van der Waals surface area contributed by atoms with E-state index in [1.54, 1.807) is 24.3 Å². The molecule has 0 saturated heterocycles. The molecule has 0 N–H and O–H groups in total. The maximum atomic E-state index is 13.8. The molecule has 2 nitrogen and oxygen atoms in total. The molecule has 0 amide bonds. The summed E-state index contributed by atoms with van der Waals surface area (Å²) in [5.41, 5.74) is 1.44. The Kier molecular flexibility index (Phi) is 5.32. The van der Waals surface area contributed by atoms with Gasteiger partial charge in [0.1, 0.15) is 11.6 Å². The highest BCUT2D eigenvalue weighted by molar-refractivity contribution is 5.89. The number of ether oxygens (including phenoxy) is 1. The highest BCUT2D eigenvalue weighted by Crippen LogP contribution is 2.22. The molecule has 3 heteroatoms. The molecule has 0 aliphatic heterocycles. The Bertz CT molecular complexity index is 696. The SMILES string of the molecule is CC(C)COc1ccc(/C=C(/C#N)c2ccccc2F)cc1. The lowest BCUT2D eigenvalue weighted by molar-refractivity contribution is 0.271. The molecule has 0 bridgehead atoms. The van der Waals surface area contributed by atoms with Gasteiger partial charge in [-0.15, -0.1) is 0 Å². The lowest BCUT2D eigenvalue weighted by Gasteiger charge is -2.08. The van der Waals surface area contributed by atoms with Crippen molar-refractivity contribution >= 4 is 11.6 Å². The Balaban J connectivity index is 2.21. The summed E-state index contributed by atoms with van der Waals surface area (Å²) in [6.45, 7) is 4.84. The highest BCUT2D eigenvalue weighted by atomic mass is 19.1. The summed E-state index contributed by atoms with van der Waals surface area (Å²) < 4.78 is 19.4. The summed E-state index contributed by atoms with van der Waals surface area (Å²) in [5.74, 6) is 0.855. The minimum Gasteiger partial charge on any atom is -0.493 e. The molecular formula is C19H18FNO. The number of benzene rings is 2. The van der Waals surface area contributed by atoms with Gasteiger partial charge >= 0.3 is 0 Å². The summed E-state index contributed by atoms with van der Waals surface area (Å²) >= 11 is 0. The molecule has 2 aromatic rings. The predicted molar refractivity (Wildman–Crippen MR) is 86.7 cm³/mol. The molecule has 2 rings (SSSR count). The van der Waals surface area contributed by atoms with Crippen LogP contribution in [0.4, 0.5) is 4.39 Å². The molecule has 0 aliphatic carbocycles. The molecule has 0 aromatic heterocycles. The Hall–Kier alpha value is -2.60. The van der Waals surface area contributed by atoms with E-state index in [-0.39, 0.29) is 0 Å². The van der Waals surface area contributed by atoms with E-state index in [2.05, 4.69) is 19.9 Å². The van der Waals surface area contributed by atoms with Gasteiger partial charge in [0.05, 0.1) is 18.2 Å². The van der Waals surface area contributed by atoms with Gasteiger partial charge in [-0.1, -0.05) is 44.2 Å². The van der Waals surface area contributed by atoms with Crippen LogP contribution >= 0.6 is 0 Å². The Morgan fingerprint density at radius 3 is 2.45 bits per heavy atom. The zero-order chi connectivity index (χ0) is 15.9. The molecule has 0 spiro atoms. The standard InChI is InChI=1S/C19H18FNO/c1-14(2)13-22-17-9-7-15(8-10-17)11-16(12-21)18-5-3-4-6-19(18)20/h3-11,14H,13H2,1-2H3/b16-11-. The van der Waals surface area contributed by atoms with Gasteiger partial charge in [-0.25, -0.2) is 4.39 Å². The second kappa shape index (κ2) is 7.42. The van der Waals surface area contributed by atoms with Crippen LogP contribution in [0.2, 0.25) is 0 Å². The second-order valence-corrected chi connectivity index (χ2v) is 5.42. The maximum absolute atomic E-state index is 13.8. The molecule has 0 unspecified atom stereocenters. The monoisotopic (exact) mass is 295 g/mol. The van der Waals surface area contributed by atoms with Gasteiger partial charge in [0, 0.05) is 5.56 Å². The topological polar surface area (TPSA) is 33.0 Å². The molecule has 0 fully saturated rings. The van der Waals surface area contributed by atoms with E-state index in [9.17, 15) is 9.65 Å². The third kappa shape index (κ3) is 4.20. The van der Waals surface area contributed by atoms with Crippen LogP contribution in [0.3, 0.4) is 0 Å². The quantitative estimate of drug-likeness (QED) is 0.579. The summed E-state index contributed by atoms with van der Waals surface area (Å²) in [7, 11) is 0. The number of rotatable bonds is 5. The average Bonchev–Trinajstić information content (AvgIpc) is 2.52. The van der Waals surface area contributed by atoms with Crippen LogP contribution in [0.25, 0.3) is 11.6 Å². The van der Waals surface area contributed by atoms with E-state index in [1.807, 2.05) is 24.3 Å². The van der Waals surface area contributed by atoms with E-state index < -0.39 is 5.82 Å². The van der Waals surface area contributed by atoms with Gasteiger partial charge in [0.25, 0.3) is 0 Å². The third-order valence-electron chi connectivity index (χ3n) is 3.06. The Labute approximate surface area is 130 Å². The number of halogens is 1. The molecule has 2 aromatic carbocycles. The zero-order valence-corrected chi connectivity index (χ0v) is 12.7. The van der Waals surface area contributed by atoms with Gasteiger partial charge in [0.15, 0.2) is 0 Å². The van der Waals surface area contributed by atoms with Crippen LogP contribution in [0.15, 0.2) is 48.5 Å². The average molecular weight is 295 g/mol. The molecule has 112 valence electrons. The van der Waals surface area contributed by atoms with Crippen molar-refractivity contribution in [1.82, 2.24) is 0 Å². The predicted octanol–water partition coefficient (Wildman–Crippen LogP) is 4.92. The van der Waals surface area contributed by atoms with Gasteiger partial charge in [-0.3, -0.25) is 0 Å². The van der Waals surface area contributed by atoms with E-state index in [0.717, 1.165) is 11.3 Å². The Morgan fingerprint density at radius 1 is 1.18 bits per heavy atom. The van der Waals surface area contributed by atoms with Crippen molar-refractivity contribution in [2.45, 2.75) is 13.8 Å². The summed E-state index contributed by atoms with van der Waals surface area (Å²) in [6, 6.07) is 15.7. The first-order chi connectivity index (χ1) is 10.6. The van der Waals surface area contributed by atoms with E-state index in [0.29, 0.717) is 23.7 Å². The lowest BCUT2D eigenvalue weighted by atomic mass is 10.0. The van der Waals surface area contributed by atoms with Gasteiger partial charge in [-0.05, 0) is 35.8 Å². The van der Waals surface area contributed by atoms with Crippen molar-refractivity contribution in [1.29, 1.82) is 5.26 Å². The normalized spacial score (nSPS) is 11.3. The van der Waals surface area contributed by atoms with Crippen molar-refractivity contribution in [3.63, 3.8) is 0 Å². The molecule has 0 heterocycles. The van der Waals surface area contributed by atoms with Crippen LogP contribution in [0, 0.1) is 23.1 Å². The fourth-order valence-electron chi connectivity index (χ4n) is 1.94. The van der Waals surface area contributed by atoms with Gasteiger partial charge < -0.3 is 4.74 Å². The third-order valence-corrected chi connectivity index (χ3v) is 3.06. The van der Waals surface area contributed by atoms with Crippen molar-refractivity contribution < 1.29 is 9.13 Å². The number of hydrogen-bond acceptors (Lipinski definition) is 2. The highest BCUT2D eigenvalue weighted by Gasteiger charge is 2.06. The molecular weight excluding hydrogens is 277 g/mol. The van der Waals surface area contributed by atoms with Crippen LogP contribution < -0.4 is 4.74 Å². The van der Waals surface area contributed by atoms with E-state index >= 15 is 0 Å². The van der Waals surface area contributed by atoms with Crippen LogP contribution in [0.1, 0.15) is 25.0 Å². The lowest BCUT2D eigenvalue weighted by Crippen LogP contribution is -2.04. The van der Waals surface area contributed by atoms with Crippen molar-refractivity contribution in [2.75, 3.05) is 6.61 Å². The molecule has 0 radical (unpaired) electrons. The molecule has 0 aliphatic rings. The van der Waals surface area contributed by atoms with Crippen LogP contribution in [-0.2, 0) is 0 Å². The largest absolute Gasteiger partial charge is 0.493 e. The second-order valence-electron chi connectivity index (χ2n) is 5.42. The smallest absolute Gasteiger partial charge is 0.131 e. The van der Waals surface area contributed by atoms with Crippen molar-refractivity contribution in [3.05, 3.63) is 65.5 Å². The minimum atomic E-state index is -0.396. The summed E-state index contributed by atoms with van der Waals surface area (Å²) in [5, 5.41) is 9.26. The first kappa shape index (κ1) is 15.8. The minimum absolute atomic E-state index is 0.300. The molecule has 0 saturated carbocycles. The summed E-state index contributed by atoms with van der Waals surface area (Å²) in [6.07, 6.45) is 1.67. The van der Waals surface area contributed by atoms with Crippen LogP contribution in [0.5, 0.6) is 5.75 Å². The van der Waals surface area contributed by atoms with Crippen molar-refractivity contribution in [2.24, 2.45) is 5.92 Å². The number of hydrogen-bond donors (Lipinski definition) is 0. The number of nitriles is 1. The zero-order valence-electron chi connectivity index (χ0n) is 12.7. The number of nitrogens with zero attached hydrogens (tertiary/aromatic N) is 1. The fraction of sp³-hybridized carbons (Fsp3) is 0.211. The van der Waals surface area contributed by atoms with Gasteiger partial charge in [0.2, 0.25) is 0 Å².